The first-order valence-corrected chi connectivity index (χ1v) is 14.6. The number of benzene rings is 1. The van der Waals surface area contributed by atoms with Gasteiger partial charge in [-0.05, 0) is 38.8 Å². The molecule has 1 aliphatic heterocycles. The number of piperazine rings is 1. The summed E-state index contributed by atoms with van der Waals surface area (Å²) in [5.41, 5.74) is 1.58. The molecule has 12 nitrogen and oxygen atoms in total. The molecule has 202 valence electrons. The molecule has 3 aromatic rings. The molecule has 0 bridgehead atoms. The summed E-state index contributed by atoms with van der Waals surface area (Å²) in [4.78, 5) is 38.6. The van der Waals surface area contributed by atoms with Gasteiger partial charge in [0.15, 0.2) is 15.1 Å². The van der Waals surface area contributed by atoms with Crippen LogP contribution in [-0.4, -0.2) is 88.3 Å². The van der Waals surface area contributed by atoms with Crippen LogP contribution in [0.25, 0.3) is 10.9 Å². The minimum atomic E-state index is -3.78. The quantitative estimate of drug-likeness (QED) is 0.333. The predicted molar refractivity (Wildman–Crippen MR) is 143 cm³/mol. The van der Waals surface area contributed by atoms with Crippen molar-refractivity contribution < 1.29 is 23.1 Å². The average Bonchev–Trinajstić information content (AvgIpc) is 3.66. The molecular formula is C24H29N7O5S2. The van der Waals surface area contributed by atoms with Crippen molar-refractivity contribution in [3.8, 4) is 0 Å². The molecule has 1 aliphatic carbocycles. The van der Waals surface area contributed by atoms with Crippen molar-refractivity contribution in [2.24, 2.45) is 5.92 Å². The third-order valence-electron chi connectivity index (χ3n) is 6.67. The molecule has 2 aliphatic rings. The number of hydrogen-bond donors (Lipinski definition) is 3. The van der Waals surface area contributed by atoms with Crippen molar-refractivity contribution >= 4 is 55.1 Å². The van der Waals surface area contributed by atoms with E-state index in [9.17, 15) is 18.0 Å². The number of nitrogens with zero attached hydrogens (tertiary/aromatic N) is 5. The normalized spacial score (nSPS) is 17.8. The molecule has 3 heterocycles. The predicted octanol–water partition coefficient (Wildman–Crippen LogP) is 2.88. The van der Waals surface area contributed by atoms with E-state index in [0.29, 0.717) is 49.6 Å². The maximum Gasteiger partial charge on any atom is 0.410 e. The molecule has 1 amide bonds. The highest BCUT2D eigenvalue weighted by molar-refractivity contribution is 7.91. The number of Topliss-reactive ketones (excluding diaryl/α,β-unsaturated/α-hetero) is 1. The van der Waals surface area contributed by atoms with E-state index in [-0.39, 0.29) is 32.8 Å². The number of carbonyl (C=O) groups excluding carboxylic acids is 1. The lowest BCUT2D eigenvalue weighted by atomic mass is 10.0. The smallest absolute Gasteiger partial charge is 0.410 e. The number of sulfonamides is 1. The van der Waals surface area contributed by atoms with E-state index < -0.39 is 16.1 Å². The monoisotopic (exact) mass is 559 g/mol. The molecule has 0 unspecified atom stereocenters. The van der Waals surface area contributed by atoms with E-state index in [0.717, 1.165) is 29.6 Å². The fourth-order valence-electron chi connectivity index (χ4n) is 4.67. The Morgan fingerprint density at radius 1 is 1.18 bits per heavy atom. The highest BCUT2D eigenvalue weighted by Gasteiger charge is 2.33. The number of ketones is 1. The van der Waals surface area contributed by atoms with Crippen LogP contribution in [0, 0.1) is 12.8 Å². The van der Waals surface area contributed by atoms with Gasteiger partial charge in [0.05, 0.1) is 11.2 Å². The molecular weight excluding hydrogens is 530 g/mol. The first-order chi connectivity index (χ1) is 18.1. The van der Waals surface area contributed by atoms with Crippen LogP contribution in [0.15, 0.2) is 28.7 Å². The molecule has 5 rings (SSSR count). The lowest BCUT2D eigenvalue weighted by Gasteiger charge is -2.35. The Kier molecular flexibility index (Phi) is 7.31. The molecule has 38 heavy (non-hydrogen) atoms. The van der Waals surface area contributed by atoms with Gasteiger partial charge in [-0.25, -0.2) is 28.2 Å². The Morgan fingerprint density at radius 3 is 2.61 bits per heavy atom. The summed E-state index contributed by atoms with van der Waals surface area (Å²) < 4.78 is 27.8. The highest BCUT2D eigenvalue weighted by atomic mass is 32.2. The number of aryl methyl sites for hydroxylation is 1. The van der Waals surface area contributed by atoms with Gasteiger partial charge in [-0.15, -0.1) is 0 Å². The Morgan fingerprint density at radius 2 is 1.92 bits per heavy atom. The Balaban J connectivity index is 1.21. The number of rotatable bonds is 9. The van der Waals surface area contributed by atoms with Gasteiger partial charge in [0, 0.05) is 55.6 Å². The number of carbonyl (C=O) groups is 2. The minimum absolute atomic E-state index is 0.00689. The minimum Gasteiger partial charge on any atom is -0.465 e. The Labute approximate surface area is 224 Å². The summed E-state index contributed by atoms with van der Waals surface area (Å²) >= 11 is 0.820. The van der Waals surface area contributed by atoms with Crippen molar-refractivity contribution in [1.82, 2.24) is 24.2 Å². The van der Waals surface area contributed by atoms with Gasteiger partial charge < -0.3 is 10.4 Å². The van der Waals surface area contributed by atoms with Crippen LogP contribution in [0.2, 0.25) is 0 Å². The number of fused-ring (bicyclic) bond motifs is 1. The van der Waals surface area contributed by atoms with Crippen LogP contribution in [-0.2, 0) is 10.0 Å². The second-order valence-corrected chi connectivity index (χ2v) is 12.8. The van der Waals surface area contributed by atoms with Crippen LogP contribution < -0.4 is 10.6 Å². The van der Waals surface area contributed by atoms with Gasteiger partial charge in [-0.2, -0.15) is 4.31 Å². The number of nitrogens with one attached hydrogen (secondary N) is 2. The second kappa shape index (κ2) is 10.5. The van der Waals surface area contributed by atoms with Gasteiger partial charge in [-0.1, -0.05) is 17.4 Å². The van der Waals surface area contributed by atoms with Gasteiger partial charge in [-0.3, -0.25) is 15.0 Å². The average molecular weight is 560 g/mol. The Hall–Kier alpha value is -3.20. The van der Waals surface area contributed by atoms with Gasteiger partial charge >= 0.3 is 6.09 Å². The number of anilines is 2. The number of para-hydroxylation sites is 1. The molecule has 2 aromatic heterocycles. The van der Waals surface area contributed by atoms with Crippen LogP contribution in [0.3, 0.4) is 0 Å². The van der Waals surface area contributed by atoms with E-state index >= 15 is 0 Å². The lowest BCUT2D eigenvalue weighted by Crippen LogP contribution is -2.50. The molecule has 1 aromatic carbocycles. The third kappa shape index (κ3) is 5.48. The van der Waals surface area contributed by atoms with Crippen LogP contribution >= 0.6 is 11.3 Å². The Bertz CT molecular complexity index is 1480. The first-order valence-electron chi connectivity index (χ1n) is 12.4. The largest absolute Gasteiger partial charge is 0.465 e. The van der Waals surface area contributed by atoms with E-state index in [2.05, 4.69) is 30.5 Å². The van der Waals surface area contributed by atoms with E-state index in [4.69, 9.17) is 5.11 Å². The summed E-state index contributed by atoms with van der Waals surface area (Å²) in [5.74, 6) is 0.918. The second-order valence-electron chi connectivity index (χ2n) is 9.63. The zero-order chi connectivity index (χ0) is 27.0. The summed E-state index contributed by atoms with van der Waals surface area (Å²) in [5, 5.41) is 15.3. The number of thiazole rings is 1. The van der Waals surface area contributed by atoms with Gasteiger partial charge in [0.1, 0.15) is 12.1 Å². The van der Waals surface area contributed by atoms with Crippen LogP contribution in [0.5, 0.6) is 0 Å². The maximum absolute atomic E-state index is 13.2. The van der Waals surface area contributed by atoms with Gasteiger partial charge in [0.2, 0.25) is 0 Å². The van der Waals surface area contributed by atoms with Crippen LogP contribution in [0.4, 0.5) is 15.7 Å². The number of amides is 1. The molecule has 1 saturated carbocycles. The summed E-state index contributed by atoms with van der Waals surface area (Å²) in [6.07, 6.45) is 2.05. The summed E-state index contributed by atoms with van der Waals surface area (Å²) in [7, 11) is -3.78. The van der Waals surface area contributed by atoms with Crippen molar-refractivity contribution in [3.63, 3.8) is 0 Å². The number of hydrogen-bond acceptors (Lipinski definition) is 10. The summed E-state index contributed by atoms with van der Waals surface area (Å²) in [6.45, 7) is 6.00. The molecule has 14 heteroatoms. The molecule has 1 atom stereocenters. The molecule has 2 fully saturated rings. The fraction of sp³-hybridized carbons (Fsp3) is 0.458. The molecule has 0 spiro atoms. The zero-order valence-corrected chi connectivity index (χ0v) is 22.7. The topological polar surface area (TPSA) is 158 Å². The maximum atomic E-state index is 13.2. The van der Waals surface area contributed by atoms with E-state index in [1.807, 2.05) is 25.1 Å². The zero-order valence-electron chi connectivity index (χ0n) is 21.0. The molecule has 3 N–H and O–H groups in total. The van der Waals surface area contributed by atoms with E-state index in [1.54, 1.807) is 6.92 Å². The van der Waals surface area contributed by atoms with Crippen molar-refractivity contribution in [3.05, 3.63) is 35.8 Å². The number of aromatic nitrogens is 3. The van der Waals surface area contributed by atoms with E-state index in [1.165, 1.54) is 10.6 Å². The van der Waals surface area contributed by atoms with Crippen molar-refractivity contribution in [2.75, 3.05) is 43.4 Å². The van der Waals surface area contributed by atoms with Crippen molar-refractivity contribution in [1.29, 1.82) is 0 Å². The molecule has 1 saturated heterocycles. The highest BCUT2D eigenvalue weighted by Crippen LogP contribution is 2.35. The first kappa shape index (κ1) is 26.4. The fourth-order valence-corrected chi connectivity index (χ4v) is 7.63. The van der Waals surface area contributed by atoms with Crippen LogP contribution in [0.1, 0.15) is 35.8 Å². The number of carboxylic acid groups (broad SMARTS) is 1. The van der Waals surface area contributed by atoms with Crippen molar-refractivity contribution in [2.45, 2.75) is 36.9 Å². The standard InChI is InChI=1S/C24H29N7O5S2/c1-14(27-21-18-5-3-4-17(19(18)25-13-26-21)20(32)16-6-7-16)12-30-8-10-31(11-9-30)38(35,36)22-15(2)28-23(37-22)29-24(33)34/h3-5,13-14,16H,6-12H2,1-2H3,(H,28,29)(H,33,34)(H,25,26,27)/t14-/m0/s1. The SMILES string of the molecule is Cc1nc(NC(=O)O)sc1S(=O)(=O)N1CCN(C[C@H](C)Nc2ncnc3c(C(=O)C4CC4)cccc23)CC1. The third-order valence-corrected chi connectivity index (χ3v) is 10.2. The summed E-state index contributed by atoms with van der Waals surface area (Å²) in [6, 6.07) is 5.61. The van der Waals surface area contributed by atoms with Gasteiger partial charge in [0.25, 0.3) is 10.0 Å². The molecule has 0 radical (unpaired) electrons. The lowest BCUT2D eigenvalue weighted by molar-refractivity contribution is 0.0969.